The minimum absolute atomic E-state index is 0.193. The van der Waals surface area contributed by atoms with Crippen molar-refractivity contribution in [2.24, 2.45) is 10.9 Å². The molecule has 1 aromatic heterocycles. The third-order valence-corrected chi connectivity index (χ3v) is 7.32. The second-order valence-electron chi connectivity index (χ2n) is 8.29. The molecule has 168 valence electrons. The van der Waals surface area contributed by atoms with Crippen molar-refractivity contribution >= 4 is 23.6 Å². The Balaban J connectivity index is 1.42. The van der Waals surface area contributed by atoms with Crippen LogP contribution in [0.4, 0.5) is 0 Å². The number of aliphatic imine (C=N–C) groups is 1. The van der Waals surface area contributed by atoms with Crippen LogP contribution >= 0.6 is 11.8 Å². The molecule has 1 saturated heterocycles. The van der Waals surface area contributed by atoms with Gasteiger partial charge in [-0.1, -0.05) is 19.0 Å². The first-order valence-corrected chi connectivity index (χ1v) is 12.6. The minimum Gasteiger partial charge on any atom is -0.359 e. The van der Waals surface area contributed by atoms with Gasteiger partial charge in [0.25, 0.3) is 0 Å². The normalized spacial score (nSPS) is 22.9. The second-order valence-corrected chi connectivity index (χ2v) is 9.51. The lowest BCUT2D eigenvalue weighted by atomic mass is 9.85. The number of hydrogen-bond donors (Lipinski definition) is 2. The summed E-state index contributed by atoms with van der Waals surface area (Å²) in [5.74, 6) is 4.78. The van der Waals surface area contributed by atoms with Gasteiger partial charge >= 0.3 is 0 Å². The fraction of sp³-hybridized carbons (Fsp3) is 0.773. The molecule has 0 bridgehead atoms. The summed E-state index contributed by atoms with van der Waals surface area (Å²) >= 11 is 1.95. The van der Waals surface area contributed by atoms with Crippen molar-refractivity contribution < 1.29 is 9.32 Å². The number of carbonyl (C=O) groups is 1. The van der Waals surface area contributed by atoms with E-state index in [9.17, 15) is 4.79 Å². The van der Waals surface area contributed by atoms with Crippen molar-refractivity contribution in [1.29, 1.82) is 0 Å². The quantitative estimate of drug-likeness (QED) is 0.505. The van der Waals surface area contributed by atoms with Crippen molar-refractivity contribution in [2.75, 3.05) is 31.6 Å². The largest absolute Gasteiger partial charge is 0.359 e. The molecule has 30 heavy (non-hydrogen) atoms. The number of carbonyl (C=O) groups excluding carboxylic acids is 1. The molecule has 0 spiro atoms. The Morgan fingerprint density at radius 1 is 1.27 bits per heavy atom. The Morgan fingerprint density at radius 3 is 2.60 bits per heavy atom. The molecular formula is C22H37N5O2S. The lowest BCUT2D eigenvalue weighted by Gasteiger charge is -2.34. The van der Waals surface area contributed by atoms with Crippen LogP contribution < -0.4 is 10.6 Å². The van der Waals surface area contributed by atoms with Crippen LogP contribution in [0.25, 0.3) is 0 Å². The average molecular weight is 436 g/mol. The summed E-state index contributed by atoms with van der Waals surface area (Å²) in [5.41, 5.74) is 1.04. The topological polar surface area (TPSA) is 82.8 Å². The summed E-state index contributed by atoms with van der Waals surface area (Å²) in [4.78, 5) is 19.2. The van der Waals surface area contributed by atoms with Gasteiger partial charge in [-0.3, -0.25) is 9.79 Å². The van der Waals surface area contributed by atoms with Crippen LogP contribution in [0.5, 0.6) is 0 Å². The summed E-state index contributed by atoms with van der Waals surface area (Å²) in [7, 11) is 1.79. The Labute approximate surface area is 184 Å². The molecule has 0 radical (unpaired) electrons. The highest BCUT2D eigenvalue weighted by atomic mass is 32.2. The molecule has 0 unspecified atom stereocenters. The molecule has 0 atom stereocenters. The number of nitrogens with zero attached hydrogens (tertiary/aromatic N) is 3. The average Bonchev–Trinajstić information content (AvgIpc) is 3.26. The van der Waals surface area contributed by atoms with Crippen LogP contribution in [0.2, 0.25) is 0 Å². The van der Waals surface area contributed by atoms with Crippen molar-refractivity contribution in [3.05, 3.63) is 17.5 Å². The maximum absolute atomic E-state index is 12.7. The van der Waals surface area contributed by atoms with Crippen molar-refractivity contribution in [3.8, 4) is 0 Å². The Morgan fingerprint density at radius 2 is 1.97 bits per heavy atom. The van der Waals surface area contributed by atoms with Crippen LogP contribution in [0.1, 0.15) is 69.7 Å². The molecular weight excluding hydrogens is 398 g/mol. The summed E-state index contributed by atoms with van der Waals surface area (Å²) in [5, 5.41) is 11.1. The molecule has 2 heterocycles. The monoisotopic (exact) mass is 435 g/mol. The smallest absolute Gasteiger partial charge is 0.225 e. The zero-order valence-electron chi connectivity index (χ0n) is 18.7. The summed E-state index contributed by atoms with van der Waals surface area (Å²) in [6.07, 6.45) is 6.06. The molecule has 2 fully saturated rings. The first-order chi connectivity index (χ1) is 14.6. The molecule has 7 nitrogen and oxygen atoms in total. The summed E-state index contributed by atoms with van der Waals surface area (Å²) in [6, 6.07) is 2.40. The van der Waals surface area contributed by atoms with Crippen LogP contribution in [-0.4, -0.2) is 59.6 Å². The molecule has 3 rings (SSSR count). The zero-order valence-corrected chi connectivity index (χ0v) is 19.5. The van der Waals surface area contributed by atoms with Crippen molar-refractivity contribution in [2.45, 2.75) is 70.9 Å². The van der Waals surface area contributed by atoms with E-state index < -0.39 is 0 Å². The van der Waals surface area contributed by atoms with Crippen LogP contribution in [0.3, 0.4) is 0 Å². The fourth-order valence-corrected chi connectivity index (χ4v) is 5.30. The number of aromatic nitrogens is 1. The lowest BCUT2D eigenvalue weighted by molar-refractivity contribution is -0.136. The highest BCUT2D eigenvalue weighted by molar-refractivity contribution is 7.99. The summed E-state index contributed by atoms with van der Waals surface area (Å²) < 4.78 is 5.49. The van der Waals surface area contributed by atoms with Gasteiger partial charge < -0.3 is 20.1 Å². The molecule has 1 amide bonds. The van der Waals surface area contributed by atoms with Gasteiger partial charge in [0.15, 0.2) is 11.7 Å². The van der Waals surface area contributed by atoms with Crippen LogP contribution in [0, 0.1) is 5.92 Å². The number of rotatable bonds is 7. The van der Waals surface area contributed by atoms with E-state index in [-0.39, 0.29) is 5.92 Å². The van der Waals surface area contributed by atoms with Gasteiger partial charge in [-0.25, -0.2) is 0 Å². The summed E-state index contributed by atoms with van der Waals surface area (Å²) in [6.45, 7) is 6.76. The second kappa shape index (κ2) is 11.6. The lowest BCUT2D eigenvalue weighted by Crippen LogP contribution is -2.47. The van der Waals surface area contributed by atoms with E-state index in [4.69, 9.17) is 4.52 Å². The Kier molecular flexibility index (Phi) is 8.90. The highest BCUT2D eigenvalue weighted by Gasteiger charge is 2.30. The fourth-order valence-electron chi connectivity index (χ4n) is 4.40. The minimum atomic E-state index is 0.193. The molecule has 2 N–H and O–H groups in total. The molecule has 8 heteroatoms. The van der Waals surface area contributed by atoms with Crippen molar-refractivity contribution in [1.82, 2.24) is 20.7 Å². The van der Waals surface area contributed by atoms with Crippen LogP contribution in [0.15, 0.2) is 15.6 Å². The first kappa shape index (κ1) is 23.0. The Hall–Kier alpha value is -1.70. The third kappa shape index (κ3) is 6.15. The van der Waals surface area contributed by atoms with Crippen molar-refractivity contribution in [3.63, 3.8) is 0 Å². The van der Waals surface area contributed by atoms with Gasteiger partial charge in [0.05, 0.1) is 12.2 Å². The van der Waals surface area contributed by atoms with Gasteiger partial charge in [-0.15, -0.1) is 0 Å². The van der Waals surface area contributed by atoms with Gasteiger partial charge in [-0.05, 0) is 38.5 Å². The van der Waals surface area contributed by atoms with E-state index in [1.807, 2.05) is 17.8 Å². The SMILES string of the molecule is CCC(CC)c1cc(CNC(=NC)NC2CCC(C(=O)N3CCSCC3)CC2)on1. The molecule has 1 saturated carbocycles. The number of guanidine groups is 1. The zero-order chi connectivity index (χ0) is 21.3. The van der Waals surface area contributed by atoms with Gasteiger partial charge in [0.1, 0.15) is 0 Å². The van der Waals surface area contributed by atoms with E-state index in [0.717, 1.165) is 80.5 Å². The molecule has 1 aromatic rings. The van der Waals surface area contributed by atoms with E-state index in [2.05, 4.69) is 39.5 Å². The van der Waals surface area contributed by atoms with Gasteiger partial charge in [0.2, 0.25) is 5.91 Å². The molecule has 1 aliphatic carbocycles. The highest BCUT2D eigenvalue weighted by Crippen LogP contribution is 2.27. The third-order valence-electron chi connectivity index (χ3n) is 6.37. The van der Waals surface area contributed by atoms with E-state index in [1.165, 1.54) is 0 Å². The number of amides is 1. The van der Waals surface area contributed by atoms with E-state index in [0.29, 0.717) is 24.4 Å². The van der Waals surface area contributed by atoms with Crippen LogP contribution in [-0.2, 0) is 11.3 Å². The number of nitrogens with one attached hydrogen (secondary N) is 2. The maximum Gasteiger partial charge on any atom is 0.225 e. The number of hydrogen-bond acceptors (Lipinski definition) is 5. The predicted octanol–water partition coefficient (Wildman–Crippen LogP) is 3.38. The number of thioether (sulfide) groups is 1. The maximum atomic E-state index is 12.7. The predicted molar refractivity (Wildman–Crippen MR) is 123 cm³/mol. The standard InChI is InChI=1S/C22H37N5O2S/c1-4-16(5-2)20-14-19(29-26-20)15-24-22(23-3)25-18-8-6-17(7-9-18)21(28)27-10-12-30-13-11-27/h14,16-18H,4-13,15H2,1-3H3,(H2,23,24,25). The first-order valence-electron chi connectivity index (χ1n) is 11.4. The van der Waals surface area contributed by atoms with E-state index >= 15 is 0 Å². The van der Waals surface area contributed by atoms with Gasteiger partial charge in [-0.2, -0.15) is 11.8 Å². The Bertz CT molecular complexity index is 689. The van der Waals surface area contributed by atoms with Gasteiger partial charge in [0, 0.05) is 55.6 Å². The molecule has 2 aliphatic rings. The molecule has 1 aliphatic heterocycles. The van der Waals surface area contributed by atoms with E-state index in [1.54, 1.807) is 7.05 Å². The molecule has 0 aromatic carbocycles.